The molecule has 0 saturated heterocycles. The minimum atomic E-state index is -1.34. The molecule has 2 heterocycles. The number of aromatic nitrogens is 2. The van der Waals surface area contributed by atoms with Gasteiger partial charge in [0.25, 0.3) is 0 Å². The van der Waals surface area contributed by atoms with Crippen LogP contribution in [-0.4, -0.2) is 38.7 Å². The van der Waals surface area contributed by atoms with Crippen LogP contribution in [0.5, 0.6) is 0 Å². The summed E-state index contributed by atoms with van der Waals surface area (Å²) < 4.78 is 0.834. The van der Waals surface area contributed by atoms with E-state index in [4.69, 9.17) is 10.0 Å². The number of pyridine rings is 2. The molecule has 0 unspecified atom stereocenters. The Hall–Kier alpha value is -3.46. The summed E-state index contributed by atoms with van der Waals surface area (Å²) in [6.45, 7) is 3.06. The van der Waals surface area contributed by atoms with Crippen LogP contribution in [0.4, 0.5) is 0 Å². The summed E-state index contributed by atoms with van der Waals surface area (Å²) in [6, 6.07) is 22.2. The van der Waals surface area contributed by atoms with E-state index < -0.39 is 7.12 Å². The monoisotopic (exact) mass is 518 g/mol. The normalized spacial score (nSPS) is 9.56. The molecule has 2 N–H and O–H groups in total. The Morgan fingerprint density at radius 2 is 1.21 bits per heavy atom. The molecular weight excluding hydrogens is 495 g/mol. The third-order valence-electron chi connectivity index (χ3n) is 4.46. The van der Waals surface area contributed by atoms with E-state index >= 15 is 0 Å². The van der Waals surface area contributed by atoms with Gasteiger partial charge >= 0.3 is 7.12 Å². The molecule has 8 heteroatoms. The zero-order chi connectivity index (χ0) is 24.9. The smallest absolute Gasteiger partial charge is 0.423 e. The fourth-order valence-corrected chi connectivity index (χ4v) is 3.02. The maximum Gasteiger partial charge on any atom is 0.488 e. The van der Waals surface area contributed by atoms with Crippen molar-refractivity contribution in [2.75, 3.05) is 0 Å². The quantitative estimate of drug-likeness (QED) is 0.307. The Morgan fingerprint density at radius 3 is 1.65 bits per heavy atom. The number of benzene rings is 2. The minimum Gasteiger partial charge on any atom is -0.423 e. The molecule has 34 heavy (non-hydrogen) atoms. The Kier molecular flexibility index (Phi) is 11.0. The molecule has 0 fully saturated rings. The summed E-state index contributed by atoms with van der Waals surface area (Å²) in [5.74, 6) is 0.0779. The largest absolute Gasteiger partial charge is 0.488 e. The van der Waals surface area contributed by atoms with Crippen LogP contribution in [0.15, 0.2) is 102 Å². The van der Waals surface area contributed by atoms with E-state index in [1.54, 1.807) is 62.0 Å². The minimum absolute atomic E-state index is 0.0359. The van der Waals surface area contributed by atoms with Crippen LogP contribution in [0.2, 0.25) is 0 Å². The molecule has 4 rings (SSSR count). The van der Waals surface area contributed by atoms with Gasteiger partial charge in [-0.1, -0.05) is 60.7 Å². The summed E-state index contributed by atoms with van der Waals surface area (Å²) in [5.41, 5.74) is 3.86. The van der Waals surface area contributed by atoms with Gasteiger partial charge in [-0.05, 0) is 52.9 Å². The molecule has 0 aliphatic heterocycles. The van der Waals surface area contributed by atoms with Gasteiger partial charge in [-0.3, -0.25) is 19.6 Å². The van der Waals surface area contributed by atoms with Crippen molar-refractivity contribution in [1.29, 1.82) is 0 Å². The lowest BCUT2D eigenvalue weighted by molar-refractivity contribution is 0.100. The van der Waals surface area contributed by atoms with Gasteiger partial charge in [-0.15, -0.1) is 0 Å². The highest BCUT2D eigenvalue weighted by atomic mass is 79.9. The average Bonchev–Trinajstić information content (AvgIpc) is 2.86. The molecule has 4 aromatic rings. The third-order valence-corrected chi connectivity index (χ3v) is 4.89. The molecule has 0 saturated carbocycles. The first kappa shape index (κ1) is 26.8. The van der Waals surface area contributed by atoms with Gasteiger partial charge < -0.3 is 10.0 Å². The van der Waals surface area contributed by atoms with Gasteiger partial charge in [0.15, 0.2) is 11.6 Å². The molecule has 2 aromatic heterocycles. The lowest BCUT2D eigenvalue weighted by Gasteiger charge is -2.01. The van der Waals surface area contributed by atoms with E-state index in [1.165, 1.54) is 6.92 Å². The number of rotatable bonds is 4. The second kappa shape index (κ2) is 13.9. The lowest BCUT2D eigenvalue weighted by Crippen LogP contribution is -2.29. The van der Waals surface area contributed by atoms with E-state index in [-0.39, 0.29) is 11.6 Å². The number of ketones is 2. The molecule has 0 atom stereocenters. The number of carbonyl (C=O) groups excluding carboxylic acids is 2. The first-order valence-corrected chi connectivity index (χ1v) is 11.1. The lowest BCUT2D eigenvalue weighted by atomic mass is 9.81. The summed E-state index contributed by atoms with van der Waals surface area (Å²) in [7, 11) is -1.34. The fraction of sp³-hybridized carbons (Fsp3) is 0.0769. The van der Waals surface area contributed by atoms with Crippen LogP contribution in [0.3, 0.4) is 0 Å². The van der Waals surface area contributed by atoms with Crippen LogP contribution in [0, 0.1) is 0 Å². The predicted octanol–water partition coefficient (Wildman–Crippen LogP) is 4.36. The van der Waals surface area contributed by atoms with E-state index in [9.17, 15) is 9.59 Å². The van der Waals surface area contributed by atoms with E-state index in [1.807, 2.05) is 42.5 Å². The van der Waals surface area contributed by atoms with Crippen LogP contribution in [0.25, 0.3) is 11.1 Å². The Labute approximate surface area is 207 Å². The van der Waals surface area contributed by atoms with Crippen molar-refractivity contribution in [2.45, 2.75) is 13.8 Å². The standard InChI is InChI=1S/C13H11NO.C7H6BrNO.C6H7BO2/c1-10(15)12-7-13(9-14-8-12)11-5-3-2-4-6-11;1-5(10)6-2-7(8)4-9-3-6;8-7(9)6-4-2-1-3-5-6/h2-9H,1H3;2-4H,1H3;1-5,8-9H. The van der Waals surface area contributed by atoms with Crippen molar-refractivity contribution in [3.05, 3.63) is 113 Å². The average molecular weight is 519 g/mol. The van der Waals surface area contributed by atoms with Gasteiger partial charge in [0.2, 0.25) is 0 Å². The summed E-state index contributed by atoms with van der Waals surface area (Å²) in [5, 5.41) is 17.2. The Balaban J connectivity index is 0.000000189. The molecule has 6 nitrogen and oxygen atoms in total. The molecule has 0 aliphatic rings. The van der Waals surface area contributed by atoms with Crippen molar-refractivity contribution in [3.8, 4) is 11.1 Å². The number of halogens is 1. The number of hydrogen-bond acceptors (Lipinski definition) is 6. The fourth-order valence-electron chi connectivity index (χ4n) is 2.65. The van der Waals surface area contributed by atoms with E-state index in [0.717, 1.165) is 15.6 Å². The highest BCUT2D eigenvalue weighted by Crippen LogP contribution is 2.18. The first-order valence-electron chi connectivity index (χ1n) is 10.3. The highest BCUT2D eigenvalue weighted by molar-refractivity contribution is 9.10. The second-order valence-electron chi connectivity index (χ2n) is 7.12. The highest BCUT2D eigenvalue weighted by Gasteiger charge is 2.07. The van der Waals surface area contributed by atoms with Gasteiger partial charge in [0.05, 0.1) is 0 Å². The third kappa shape index (κ3) is 9.19. The molecule has 0 amide bonds. The zero-order valence-electron chi connectivity index (χ0n) is 18.8. The summed E-state index contributed by atoms with van der Waals surface area (Å²) in [4.78, 5) is 29.8. The van der Waals surface area contributed by atoms with Crippen LogP contribution in [0.1, 0.15) is 34.6 Å². The van der Waals surface area contributed by atoms with Gasteiger partial charge in [-0.2, -0.15) is 0 Å². The Bertz CT molecular complexity index is 1210. The van der Waals surface area contributed by atoms with Gasteiger partial charge in [0, 0.05) is 46.0 Å². The number of nitrogens with zero attached hydrogens (tertiary/aromatic N) is 2. The molecule has 0 radical (unpaired) electrons. The van der Waals surface area contributed by atoms with Crippen molar-refractivity contribution in [1.82, 2.24) is 9.97 Å². The van der Waals surface area contributed by atoms with Crippen LogP contribution < -0.4 is 5.46 Å². The molecule has 0 spiro atoms. The molecular formula is C26H24BBrN2O4. The maximum atomic E-state index is 11.2. The molecule has 0 aliphatic carbocycles. The van der Waals surface area contributed by atoms with E-state index in [0.29, 0.717) is 16.6 Å². The van der Waals surface area contributed by atoms with E-state index in [2.05, 4.69) is 25.9 Å². The van der Waals surface area contributed by atoms with Gasteiger partial charge in [-0.25, -0.2) is 0 Å². The van der Waals surface area contributed by atoms with Crippen molar-refractivity contribution >= 4 is 40.1 Å². The maximum absolute atomic E-state index is 11.2. The van der Waals surface area contributed by atoms with Crippen molar-refractivity contribution in [3.63, 3.8) is 0 Å². The second-order valence-corrected chi connectivity index (χ2v) is 8.03. The zero-order valence-corrected chi connectivity index (χ0v) is 20.4. The molecule has 172 valence electrons. The first-order chi connectivity index (χ1) is 16.3. The number of Topliss-reactive ketones (excluding diaryl/α,β-unsaturated/α-hetero) is 2. The summed E-state index contributed by atoms with van der Waals surface area (Å²) in [6.07, 6.45) is 6.55. The summed E-state index contributed by atoms with van der Waals surface area (Å²) >= 11 is 3.22. The van der Waals surface area contributed by atoms with Crippen molar-refractivity contribution in [2.24, 2.45) is 0 Å². The van der Waals surface area contributed by atoms with Crippen LogP contribution >= 0.6 is 15.9 Å². The van der Waals surface area contributed by atoms with Crippen LogP contribution in [-0.2, 0) is 0 Å². The SMILES string of the molecule is CC(=O)c1cncc(-c2ccccc2)c1.CC(=O)c1cncc(Br)c1.OB(O)c1ccccc1. The Morgan fingerprint density at radius 1 is 0.706 bits per heavy atom. The topological polar surface area (TPSA) is 100 Å². The molecule has 0 bridgehead atoms. The van der Waals surface area contributed by atoms with Crippen molar-refractivity contribution < 1.29 is 19.6 Å². The van der Waals surface area contributed by atoms with Gasteiger partial charge in [0.1, 0.15) is 0 Å². The number of hydrogen-bond donors (Lipinski definition) is 2. The predicted molar refractivity (Wildman–Crippen MR) is 138 cm³/mol. The number of carbonyl (C=O) groups is 2. The molecule has 2 aromatic carbocycles.